The van der Waals surface area contributed by atoms with Crippen LogP contribution in [-0.2, 0) is 4.79 Å². The summed E-state index contributed by atoms with van der Waals surface area (Å²) in [6, 6.07) is 13.4. The van der Waals surface area contributed by atoms with Gasteiger partial charge in [0.2, 0.25) is 6.79 Å². The second-order valence-corrected chi connectivity index (χ2v) is 8.22. The zero-order valence-corrected chi connectivity index (χ0v) is 17.7. The normalized spacial score (nSPS) is 20.1. The van der Waals surface area contributed by atoms with Crippen molar-refractivity contribution < 1.29 is 14.3 Å². The minimum Gasteiger partial charge on any atom is -0.454 e. The molecule has 0 radical (unpaired) electrons. The molecule has 1 unspecified atom stereocenters. The molecule has 0 saturated heterocycles. The fraction of sp³-hybridized carbons (Fsp3) is 0.250. The second kappa shape index (κ2) is 7.36. The van der Waals surface area contributed by atoms with E-state index < -0.39 is 5.92 Å². The van der Waals surface area contributed by atoms with Gasteiger partial charge in [-0.1, -0.05) is 23.7 Å². The number of nitriles is 1. The van der Waals surface area contributed by atoms with E-state index in [1.165, 1.54) is 0 Å². The van der Waals surface area contributed by atoms with E-state index in [1.807, 2.05) is 48.2 Å². The van der Waals surface area contributed by atoms with Crippen LogP contribution in [0, 0.1) is 18.3 Å². The van der Waals surface area contributed by atoms with E-state index in [-0.39, 0.29) is 12.6 Å². The van der Waals surface area contributed by atoms with E-state index in [0.717, 1.165) is 28.9 Å². The summed E-state index contributed by atoms with van der Waals surface area (Å²) in [7, 11) is 0. The first-order chi connectivity index (χ1) is 15.0. The van der Waals surface area contributed by atoms with E-state index >= 15 is 0 Å². The van der Waals surface area contributed by atoms with Crippen molar-refractivity contribution in [2.45, 2.75) is 32.1 Å². The van der Waals surface area contributed by atoms with Crippen LogP contribution in [0.2, 0.25) is 5.02 Å². The third-order valence-electron chi connectivity index (χ3n) is 6.12. The molecule has 2 aliphatic heterocycles. The highest BCUT2D eigenvalue weighted by molar-refractivity contribution is 6.31. The molecule has 0 spiro atoms. The summed E-state index contributed by atoms with van der Waals surface area (Å²) in [5.41, 5.74) is 10.8. The molecule has 156 valence electrons. The first-order valence-electron chi connectivity index (χ1n) is 10.1. The number of allylic oxidation sites excluding steroid dienone is 3. The molecule has 3 aliphatic rings. The minimum atomic E-state index is -0.543. The van der Waals surface area contributed by atoms with Crippen LogP contribution in [0.3, 0.4) is 0 Å². The zero-order chi connectivity index (χ0) is 21.7. The molecule has 2 aromatic rings. The number of hydrogen-bond donors (Lipinski definition) is 1. The first kappa shape index (κ1) is 19.5. The van der Waals surface area contributed by atoms with Crippen LogP contribution in [0.1, 0.15) is 36.3 Å². The average Bonchev–Trinajstić information content (AvgIpc) is 3.23. The van der Waals surface area contributed by atoms with E-state index in [0.29, 0.717) is 46.3 Å². The number of fused-ring (bicyclic) bond motifs is 1. The summed E-state index contributed by atoms with van der Waals surface area (Å²) in [5, 5.41) is 10.7. The summed E-state index contributed by atoms with van der Waals surface area (Å²) >= 11 is 6.38. The average molecular weight is 434 g/mol. The van der Waals surface area contributed by atoms with Gasteiger partial charge in [-0.3, -0.25) is 9.69 Å². The van der Waals surface area contributed by atoms with Crippen LogP contribution in [0.4, 0.5) is 5.69 Å². The third-order valence-corrected chi connectivity index (χ3v) is 6.53. The van der Waals surface area contributed by atoms with Crippen LogP contribution in [0.25, 0.3) is 0 Å². The van der Waals surface area contributed by atoms with E-state index in [2.05, 4.69) is 6.07 Å². The number of rotatable bonds is 2. The quantitative estimate of drug-likeness (QED) is 0.739. The van der Waals surface area contributed by atoms with Gasteiger partial charge < -0.3 is 15.2 Å². The summed E-state index contributed by atoms with van der Waals surface area (Å²) in [6.45, 7) is 2.06. The van der Waals surface area contributed by atoms with E-state index in [1.54, 1.807) is 0 Å². The molecular weight excluding hydrogens is 414 g/mol. The van der Waals surface area contributed by atoms with Crippen molar-refractivity contribution in [1.82, 2.24) is 0 Å². The molecule has 2 aromatic carbocycles. The van der Waals surface area contributed by atoms with Gasteiger partial charge in [-0.15, -0.1) is 0 Å². The number of nitrogens with two attached hydrogens (primary N) is 1. The van der Waals surface area contributed by atoms with Gasteiger partial charge in [0.25, 0.3) is 0 Å². The van der Waals surface area contributed by atoms with Crippen LogP contribution in [-0.4, -0.2) is 12.6 Å². The van der Waals surface area contributed by atoms with Crippen molar-refractivity contribution >= 4 is 23.1 Å². The molecule has 1 aliphatic carbocycles. The number of benzene rings is 2. The maximum atomic E-state index is 13.2. The molecule has 0 saturated carbocycles. The Hall–Kier alpha value is -3.43. The summed E-state index contributed by atoms with van der Waals surface area (Å²) < 4.78 is 10.9. The van der Waals surface area contributed by atoms with Crippen molar-refractivity contribution in [2.75, 3.05) is 11.7 Å². The molecule has 2 heterocycles. The largest absolute Gasteiger partial charge is 0.454 e. The van der Waals surface area contributed by atoms with Gasteiger partial charge >= 0.3 is 0 Å². The fourth-order valence-corrected chi connectivity index (χ4v) is 4.80. The lowest BCUT2D eigenvalue weighted by atomic mass is 9.75. The Balaban J connectivity index is 1.75. The van der Waals surface area contributed by atoms with Crippen LogP contribution in [0.15, 0.2) is 59.1 Å². The molecule has 0 aromatic heterocycles. The van der Waals surface area contributed by atoms with Crippen LogP contribution < -0.4 is 20.1 Å². The maximum Gasteiger partial charge on any atom is 0.231 e. The van der Waals surface area contributed by atoms with E-state index in [9.17, 15) is 10.1 Å². The monoisotopic (exact) mass is 433 g/mol. The maximum absolute atomic E-state index is 13.2. The number of hydrogen-bond acceptors (Lipinski definition) is 6. The molecule has 6 nitrogen and oxygen atoms in total. The van der Waals surface area contributed by atoms with Crippen molar-refractivity contribution in [1.29, 1.82) is 5.26 Å². The van der Waals surface area contributed by atoms with Crippen molar-refractivity contribution in [2.24, 2.45) is 5.73 Å². The molecule has 2 N–H and O–H groups in total. The van der Waals surface area contributed by atoms with Gasteiger partial charge in [0, 0.05) is 22.7 Å². The lowest BCUT2D eigenvalue weighted by molar-refractivity contribution is -0.116. The number of Topliss-reactive ketones (excluding diaryl/α,β-unsaturated/α-hetero) is 1. The molecule has 0 fully saturated rings. The number of nitrogens with zero attached hydrogens (tertiary/aromatic N) is 2. The number of carbonyl (C=O) groups is 1. The second-order valence-electron chi connectivity index (χ2n) is 7.81. The number of anilines is 1. The van der Waals surface area contributed by atoms with Gasteiger partial charge in [-0.05, 0) is 55.2 Å². The molecule has 5 rings (SSSR count). The third kappa shape index (κ3) is 2.96. The molecule has 0 amide bonds. The smallest absolute Gasteiger partial charge is 0.231 e. The molecule has 0 bridgehead atoms. The Kier molecular flexibility index (Phi) is 4.64. The number of ketones is 1. The molecule has 7 heteroatoms. The van der Waals surface area contributed by atoms with Gasteiger partial charge in [-0.25, -0.2) is 0 Å². The van der Waals surface area contributed by atoms with Crippen molar-refractivity contribution in [3.05, 3.63) is 75.2 Å². The first-order valence-corrected chi connectivity index (χ1v) is 10.5. The lowest BCUT2D eigenvalue weighted by Gasteiger charge is -2.40. The lowest BCUT2D eigenvalue weighted by Crippen LogP contribution is -2.39. The summed E-state index contributed by atoms with van der Waals surface area (Å²) in [5.74, 6) is 1.07. The van der Waals surface area contributed by atoms with Gasteiger partial charge in [0.1, 0.15) is 5.82 Å². The summed E-state index contributed by atoms with van der Waals surface area (Å²) in [4.78, 5) is 15.0. The van der Waals surface area contributed by atoms with Gasteiger partial charge in [0.15, 0.2) is 17.3 Å². The highest BCUT2D eigenvalue weighted by atomic mass is 35.5. The van der Waals surface area contributed by atoms with Crippen molar-refractivity contribution in [3.8, 4) is 17.6 Å². The number of ether oxygens (including phenoxy) is 2. The number of halogens is 1. The molecule has 31 heavy (non-hydrogen) atoms. The highest BCUT2D eigenvalue weighted by Gasteiger charge is 2.41. The topological polar surface area (TPSA) is 88.6 Å². The van der Waals surface area contributed by atoms with Crippen LogP contribution >= 0.6 is 11.6 Å². The standard InChI is InChI=1S/C24H20ClN3O3/c1-13-16(25)4-2-5-17(13)28-18-6-3-7-19(29)23(18)22(15(11-26)24(28)27)14-8-9-20-21(10-14)31-12-30-20/h2,4-5,8-10,22H,3,6-7,12,27H2,1H3. The van der Waals surface area contributed by atoms with E-state index in [4.69, 9.17) is 26.8 Å². The number of carbonyl (C=O) groups excluding carboxylic acids is 1. The van der Waals surface area contributed by atoms with Gasteiger partial charge in [-0.2, -0.15) is 5.26 Å². The highest BCUT2D eigenvalue weighted by Crippen LogP contribution is 2.48. The summed E-state index contributed by atoms with van der Waals surface area (Å²) in [6.07, 6.45) is 1.87. The van der Waals surface area contributed by atoms with Crippen molar-refractivity contribution in [3.63, 3.8) is 0 Å². The van der Waals surface area contributed by atoms with Crippen LogP contribution in [0.5, 0.6) is 11.5 Å². The minimum absolute atomic E-state index is 0.0360. The Morgan fingerprint density at radius 1 is 1.19 bits per heavy atom. The Morgan fingerprint density at radius 3 is 2.81 bits per heavy atom. The molecular formula is C24H20ClN3O3. The zero-order valence-electron chi connectivity index (χ0n) is 16.9. The van der Waals surface area contributed by atoms with Gasteiger partial charge in [0.05, 0.1) is 23.2 Å². The molecule has 1 atom stereocenters. The SMILES string of the molecule is Cc1c(Cl)cccc1N1C(N)=C(C#N)C(c2ccc3c(c2)OCO3)C2=C1CCCC2=O. The Labute approximate surface area is 185 Å². The predicted octanol–water partition coefficient (Wildman–Crippen LogP) is 4.68. The Bertz CT molecular complexity index is 1230. The predicted molar refractivity (Wildman–Crippen MR) is 117 cm³/mol. The Morgan fingerprint density at radius 2 is 2.00 bits per heavy atom. The fourth-order valence-electron chi connectivity index (χ4n) is 4.63.